The van der Waals surface area contributed by atoms with Gasteiger partial charge in [0.15, 0.2) is 28.7 Å². The smallest absolute Gasteiger partial charge is 0.434 e. The molecule has 2 bridgehead atoms. The number of ether oxygens (including phenoxy) is 2. The van der Waals surface area contributed by atoms with Gasteiger partial charge in [-0.05, 0) is 75.9 Å². The Hall–Kier alpha value is -8.18. The van der Waals surface area contributed by atoms with Crippen molar-refractivity contribution < 1.29 is 50.6 Å². The summed E-state index contributed by atoms with van der Waals surface area (Å²) in [4.78, 5) is 65.1. The number of nitrogens with one attached hydrogen (secondary N) is 4. The Labute approximate surface area is 427 Å². The maximum atomic E-state index is 14.5. The third kappa shape index (κ3) is 12.3. The van der Waals surface area contributed by atoms with E-state index in [-0.39, 0.29) is 63.2 Å². The lowest BCUT2D eigenvalue weighted by atomic mass is 9.40. The molecule has 3 saturated carbocycles. The van der Waals surface area contributed by atoms with Crippen molar-refractivity contribution in [2.24, 2.45) is 19.5 Å². The van der Waals surface area contributed by atoms with Crippen molar-refractivity contribution in [2.75, 3.05) is 23.9 Å². The van der Waals surface area contributed by atoms with Crippen LogP contribution in [0.15, 0.2) is 74.1 Å². The highest BCUT2D eigenvalue weighted by molar-refractivity contribution is 6.30. The molecule has 21 nitrogen and oxygen atoms in total. The monoisotopic (exact) mass is 1070 g/mol. The summed E-state index contributed by atoms with van der Waals surface area (Å²) < 4.78 is 81.6. The highest BCUT2D eigenvalue weighted by Gasteiger charge is 2.69. The molecule has 0 radical (unpaired) electrons. The van der Waals surface area contributed by atoms with Crippen LogP contribution in [0.25, 0.3) is 22.8 Å². The average Bonchev–Trinajstić information content (AvgIpc) is 3.89. The first kappa shape index (κ1) is 55.1. The number of alkyl halides is 4. The lowest BCUT2D eigenvalue weighted by Crippen LogP contribution is -2.74. The van der Waals surface area contributed by atoms with Crippen LogP contribution in [-0.2, 0) is 29.7 Å². The van der Waals surface area contributed by atoms with Crippen LogP contribution in [0.5, 0.6) is 0 Å². The van der Waals surface area contributed by atoms with E-state index in [1.807, 2.05) is 0 Å². The number of rotatable bonds is 14. The van der Waals surface area contributed by atoms with Crippen LogP contribution in [0.4, 0.5) is 43.2 Å². The topological polar surface area (TPSA) is 272 Å². The number of nitriles is 1. The van der Waals surface area contributed by atoms with Crippen molar-refractivity contribution in [1.82, 2.24) is 60.6 Å². The largest absolute Gasteiger partial charge is 0.441 e. The second kappa shape index (κ2) is 23.1. The van der Waals surface area contributed by atoms with Crippen LogP contribution in [0.1, 0.15) is 89.3 Å². The third-order valence-electron chi connectivity index (χ3n) is 11.3. The average molecular weight is 1070 g/mol. The lowest BCUT2D eigenvalue weighted by molar-refractivity contribution is -0.141. The van der Waals surface area contributed by atoms with Gasteiger partial charge in [0.05, 0.1) is 40.7 Å². The van der Waals surface area contributed by atoms with E-state index in [4.69, 9.17) is 37.9 Å². The number of anilines is 2. The molecule has 9 rings (SSSR count). The molecule has 0 spiro atoms. The van der Waals surface area contributed by atoms with Gasteiger partial charge in [-0.1, -0.05) is 45.8 Å². The number of nitrogens with zero attached hydrogens (tertiary/aromatic N) is 11. The van der Waals surface area contributed by atoms with Crippen molar-refractivity contribution in [1.29, 1.82) is 5.26 Å². The van der Waals surface area contributed by atoms with Crippen molar-refractivity contribution in [2.45, 2.75) is 63.5 Å². The zero-order chi connectivity index (χ0) is 54.1. The summed E-state index contributed by atoms with van der Waals surface area (Å²) in [5.74, 6) is -2.69. The number of amides is 4. The standard InChI is InChI=1S/C24H20ClF3N8O3.C20H20ClF2N7O3.C2H4/c1-12(13-4-3-7-30-18(13)25)39-21(38)32-19-16(34-35-36(19)2)15-6-5-14(17(31-15)24(26,27)28)20(37)33-23-8-22(9-23,10-23)11-29;1-11(12-5-3-9-24-16(12)21)33-20(32)27-18-15(28-29-30(18)2)14-7-6-13(17(23)26-14)19(31)25-10-4-8-22;1-2/h3-7,12H,8-10H2,1-2H3,(H,32,38)(H,33,37);3,5-7,9,11H,4,8,10H2,1-2H3,(H,25,31)(H,27,32);1-2H2. The summed E-state index contributed by atoms with van der Waals surface area (Å²) >= 11 is 12.1. The van der Waals surface area contributed by atoms with Crippen molar-refractivity contribution in [3.63, 3.8) is 0 Å². The number of carbonyl (C=O) groups is 4. The number of aryl methyl sites for hydroxylation is 2. The number of hydrogen-bond acceptors (Lipinski definition) is 15. The summed E-state index contributed by atoms with van der Waals surface area (Å²) in [6, 6.07) is 13.5. The third-order valence-corrected chi connectivity index (χ3v) is 12.0. The molecule has 6 aromatic heterocycles. The van der Waals surface area contributed by atoms with Crippen LogP contribution in [-0.4, -0.2) is 92.7 Å². The summed E-state index contributed by atoms with van der Waals surface area (Å²) in [6.45, 7) is 8.66. The first-order valence-electron chi connectivity index (χ1n) is 22.0. The minimum atomic E-state index is -4.97. The summed E-state index contributed by atoms with van der Waals surface area (Å²) in [5, 5.41) is 34.8. The molecule has 74 heavy (non-hydrogen) atoms. The molecule has 2 unspecified atom stereocenters. The molecule has 6 aromatic rings. The summed E-state index contributed by atoms with van der Waals surface area (Å²) in [7, 11) is 2.92. The minimum Gasteiger partial charge on any atom is -0.441 e. The molecule has 0 aliphatic heterocycles. The fourth-order valence-corrected chi connectivity index (χ4v) is 8.43. The summed E-state index contributed by atoms with van der Waals surface area (Å²) in [5.41, 5.74) is -2.93. The van der Waals surface area contributed by atoms with Gasteiger partial charge in [-0.25, -0.2) is 38.9 Å². The molecule has 6 heterocycles. The van der Waals surface area contributed by atoms with Crippen molar-refractivity contribution in [3.8, 4) is 28.8 Å². The Balaban J connectivity index is 0.000000237. The van der Waals surface area contributed by atoms with Gasteiger partial charge < -0.3 is 20.1 Å². The molecule has 4 amide bonds. The van der Waals surface area contributed by atoms with Crippen LogP contribution in [0.3, 0.4) is 0 Å². The molecule has 3 aliphatic rings. The zero-order valence-electron chi connectivity index (χ0n) is 39.6. The molecule has 0 saturated heterocycles. The van der Waals surface area contributed by atoms with Gasteiger partial charge in [0.2, 0.25) is 5.95 Å². The quantitative estimate of drug-likeness (QED) is 0.0344. The number of aromatic nitrogens is 10. The SMILES string of the molecule is C=C.CC(OC(=O)Nc1c(-c2ccc(C(=O)NC34CC(C#N)(C3)C4)c(C(F)(F)F)n2)nnn1C)c1cccnc1Cl.CC(OC(=O)Nc1c(-c2ccc(C(=O)NCCCF)c(F)n2)nnn1C)c1cccnc1Cl. The maximum absolute atomic E-state index is 14.5. The van der Waals surface area contributed by atoms with Gasteiger partial charge in [-0.3, -0.25) is 24.6 Å². The molecule has 3 fully saturated rings. The van der Waals surface area contributed by atoms with E-state index in [9.17, 15) is 41.1 Å². The zero-order valence-corrected chi connectivity index (χ0v) is 41.1. The van der Waals surface area contributed by atoms with E-state index in [0.29, 0.717) is 30.4 Å². The van der Waals surface area contributed by atoms with Crippen molar-refractivity contribution in [3.05, 3.63) is 118 Å². The van der Waals surface area contributed by atoms with Crippen molar-refractivity contribution >= 4 is 58.8 Å². The number of carbonyl (C=O) groups excluding carboxylic acids is 4. The van der Waals surface area contributed by atoms with E-state index in [0.717, 1.165) is 10.7 Å². The molecular formula is C46H44Cl2F5N15O6. The van der Waals surface area contributed by atoms with E-state index in [1.165, 1.54) is 49.4 Å². The molecule has 388 valence electrons. The fraction of sp³-hybridized carbons (Fsp3) is 0.326. The number of hydrogen-bond donors (Lipinski definition) is 4. The Morgan fingerprint density at radius 1 is 0.797 bits per heavy atom. The van der Waals surface area contributed by atoms with Gasteiger partial charge in [0, 0.05) is 49.7 Å². The normalized spacial score (nSPS) is 16.9. The highest BCUT2D eigenvalue weighted by Crippen LogP contribution is 2.66. The second-order valence-electron chi connectivity index (χ2n) is 16.5. The van der Waals surface area contributed by atoms with Crippen LogP contribution in [0, 0.1) is 22.7 Å². The predicted octanol–water partition coefficient (Wildman–Crippen LogP) is 8.70. The van der Waals surface area contributed by atoms with Gasteiger partial charge >= 0.3 is 18.4 Å². The van der Waals surface area contributed by atoms with E-state index >= 15 is 0 Å². The Kier molecular flexibility index (Phi) is 17.2. The first-order chi connectivity index (χ1) is 35.2. The molecular weight excluding hydrogens is 1020 g/mol. The summed E-state index contributed by atoms with van der Waals surface area (Å²) in [6.07, 6.45) is -3.93. The van der Waals surface area contributed by atoms with Gasteiger partial charge in [0.1, 0.15) is 22.5 Å². The van der Waals surface area contributed by atoms with Crippen LogP contribution in [0.2, 0.25) is 10.3 Å². The lowest BCUT2D eigenvalue weighted by Gasteiger charge is -2.66. The van der Waals surface area contributed by atoms with Gasteiger partial charge in [0.25, 0.3) is 11.8 Å². The Morgan fingerprint density at radius 3 is 1.73 bits per heavy atom. The predicted molar refractivity (Wildman–Crippen MR) is 255 cm³/mol. The Bertz CT molecular complexity index is 3090. The second-order valence-corrected chi connectivity index (χ2v) is 17.2. The number of pyridine rings is 4. The molecule has 28 heteroatoms. The van der Waals surface area contributed by atoms with Crippen LogP contribution < -0.4 is 21.3 Å². The van der Waals surface area contributed by atoms with E-state index in [1.54, 1.807) is 38.1 Å². The Morgan fingerprint density at radius 2 is 1.28 bits per heavy atom. The highest BCUT2D eigenvalue weighted by atomic mass is 35.5. The maximum Gasteiger partial charge on any atom is 0.434 e. The molecule has 0 aromatic carbocycles. The van der Waals surface area contributed by atoms with Gasteiger partial charge in [-0.2, -0.15) is 22.8 Å². The molecule has 3 aliphatic carbocycles. The van der Waals surface area contributed by atoms with Gasteiger partial charge in [-0.15, -0.1) is 23.4 Å². The van der Waals surface area contributed by atoms with E-state index < -0.39 is 77.2 Å². The molecule has 2 atom stereocenters. The fourth-order valence-electron chi connectivity index (χ4n) is 7.88. The minimum absolute atomic E-state index is 0.0274. The first-order valence-corrected chi connectivity index (χ1v) is 22.7. The number of halogens is 7. The van der Waals surface area contributed by atoms with E-state index in [2.05, 4.69) is 81.1 Å². The molecule has 4 N–H and O–H groups in total. The van der Waals surface area contributed by atoms with Crippen LogP contribution >= 0.6 is 23.2 Å².